The van der Waals surface area contributed by atoms with Gasteiger partial charge in [-0.2, -0.15) is 0 Å². The van der Waals surface area contributed by atoms with E-state index in [9.17, 15) is 9.59 Å². The molecule has 1 fully saturated rings. The lowest BCUT2D eigenvalue weighted by molar-refractivity contribution is -0.139. The van der Waals surface area contributed by atoms with Gasteiger partial charge >= 0.3 is 12.0 Å². The summed E-state index contributed by atoms with van der Waals surface area (Å²) < 4.78 is 5.62. The Hall–Kier alpha value is -1.99. The van der Waals surface area contributed by atoms with E-state index < -0.39 is 5.97 Å². The van der Waals surface area contributed by atoms with Gasteiger partial charge in [-0.05, 0) is 44.0 Å². The van der Waals surface area contributed by atoms with E-state index in [4.69, 9.17) is 21.4 Å². The molecule has 1 aliphatic rings. The number of hydrogen-bond donors (Lipinski definition) is 3. The zero-order chi connectivity index (χ0) is 19.1. The standard InChI is InChI=1S/C18H26ClN3O4/c1-3-7-26-16-6-5-12(19)8-15(16)21-18(25)20-13-9-14(10-13)22(4-2)11-17(23)24/h5-6,8,13-14H,3-4,7,9-11H2,1-2H3,(H,23,24)(H2,20,21,25). The average molecular weight is 384 g/mol. The third kappa shape index (κ3) is 5.78. The first-order valence-corrected chi connectivity index (χ1v) is 9.26. The molecule has 0 radical (unpaired) electrons. The van der Waals surface area contributed by atoms with Gasteiger partial charge in [0, 0.05) is 17.1 Å². The number of halogens is 1. The number of urea groups is 1. The first kappa shape index (κ1) is 20.3. The Bertz CT molecular complexity index is 635. The number of carbonyl (C=O) groups excluding carboxylic acids is 1. The van der Waals surface area contributed by atoms with Crippen LogP contribution in [0.1, 0.15) is 33.1 Å². The van der Waals surface area contributed by atoms with Crippen molar-refractivity contribution in [2.45, 2.75) is 45.2 Å². The molecule has 1 aromatic carbocycles. The lowest BCUT2D eigenvalue weighted by Crippen LogP contribution is -2.55. The number of anilines is 1. The fraction of sp³-hybridized carbons (Fsp3) is 0.556. The van der Waals surface area contributed by atoms with E-state index in [-0.39, 0.29) is 24.7 Å². The van der Waals surface area contributed by atoms with Crippen molar-refractivity contribution in [3.05, 3.63) is 23.2 Å². The molecule has 8 heteroatoms. The van der Waals surface area contributed by atoms with Crippen LogP contribution in [0, 0.1) is 0 Å². The summed E-state index contributed by atoms with van der Waals surface area (Å²) in [6, 6.07) is 5.00. The van der Waals surface area contributed by atoms with Crippen LogP contribution in [0.15, 0.2) is 18.2 Å². The molecule has 0 unspecified atom stereocenters. The molecule has 2 amide bonds. The molecule has 0 aliphatic heterocycles. The third-order valence-corrected chi connectivity index (χ3v) is 4.60. The van der Waals surface area contributed by atoms with Crippen molar-refractivity contribution in [3.8, 4) is 5.75 Å². The minimum Gasteiger partial charge on any atom is -0.491 e. The van der Waals surface area contributed by atoms with Crippen LogP contribution in [0.3, 0.4) is 0 Å². The third-order valence-electron chi connectivity index (χ3n) is 4.36. The first-order chi connectivity index (χ1) is 12.4. The van der Waals surface area contributed by atoms with Crippen molar-refractivity contribution in [1.82, 2.24) is 10.2 Å². The van der Waals surface area contributed by atoms with E-state index in [1.54, 1.807) is 18.2 Å². The largest absolute Gasteiger partial charge is 0.491 e. The quantitative estimate of drug-likeness (QED) is 0.609. The van der Waals surface area contributed by atoms with Gasteiger partial charge in [0.1, 0.15) is 5.75 Å². The molecule has 1 saturated carbocycles. The first-order valence-electron chi connectivity index (χ1n) is 8.88. The van der Waals surface area contributed by atoms with Crippen LogP contribution in [-0.4, -0.2) is 53.8 Å². The molecule has 1 aliphatic carbocycles. The minimum absolute atomic E-state index is 0.0285. The lowest BCUT2D eigenvalue weighted by Gasteiger charge is -2.42. The van der Waals surface area contributed by atoms with E-state index >= 15 is 0 Å². The molecule has 26 heavy (non-hydrogen) atoms. The van der Waals surface area contributed by atoms with Crippen LogP contribution < -0.4 is 15.4 Å². The Morgan fingerprint density at radius 3 is 2.69 bits per heavy atom. The van der Waals surface area contributed by atoms with Gasteiger partial charge < -0.3 is 20.5 Å². The summed E-state index contributed by atoms with van der Waals surface area (Å²) in [7, 11) is 0. The minimum atomic E-state index is -0.832. The number of hydrogen-bond acceptors (Lipinski definition) is 4. The fourth-order valence-corrected chi connectivity index (χ4v) is 3.13. The van der Waals surface area contributed by atoms with Crippen LogP contribution in [0.2, 0.25) is 5.02 Å². The van der Waals surface area contributed by atoms with Crippen LogP contribution in [0.25, 0.3) is 0 Å². The Morgan fingerprint density at radius 1 is 1.35 bits per heavy atom. The van der Waals surface area contributed by atoms with Crippen LogP contribution in [0.5, 0.6) is 5.75 Å². The van der Waals surface area contributed by atoms with Crippen molar-refractivity contribution in [3.63, 3.8) is 0 Å². The van der Waals surface area contributed by atoms with Gasteiger partial charge in [0.05, 0.1) is 18.8 Å². The van der Waals surface area contributed by atoms with Crippen molar-refractivity contribution in [2.75, 3.05) is 25.0 Å². The lowest BCUT2D eigenvalue weighted by atomic mass is 9.85. The maximum atomic E-state index is 12.2. The highest BCUT2D eigenvalue weighted by Gasteiger charge is 2.34. The Morgan fingerprint density at radius 2 is 2.08 bits per heavy atom. The van der Waals surface area contributed by atoms with Gasteiger partial charge in [-0.1, -0.05) is 25.4 Å². The van der Waals surface area contributed by atoms with Crippen molar-refractivity contribution >= 4 is 29.3 Å². The molecule has 144 valence electrons. The molecule has 1 aromatic rings. The highest BCUT2D eigenvalue weighted by atomic mass is 35.5. The molecule has 0 spiro atoms. The number of nitrogens with zero attached hydrogens (tertiary/aromatic N) is 1. The predicted molar refractivity (Wildman–Crippen MR) is 101 cm³/mol. The van der Waals surface area contributed by atoms with Crippen LogP contribution >= 0.6 is 11.6 Å². The number of benzene rings is 1. The number of likely N-dealkylation sites (N-methyl/N-ethyl adjacent to an activating group) is 1. The fourth-order valence-electron chi connectivity index (χ4n) is 2.96. The monoisotopic (exact) mass is 383 g/mol. The molecular weight excluding hydrogens is 358 g/mol. The van der Waals surface area contributed by atoms with Crippen molar-refractivity contribution in [1.29, 1.82) is 0 Å². The Labute approximate surface area is 158 Å². The smallest absolute Gasteiger partial charge is 0.319 e. The Kier molecular flexibility index (Phi) is 7.53. The van der Waals surface area contributed by atoms with E-state index in [1.165, 1.54) is 0 Å². The zero-order valence-electron chi connectivity index (χ0n) is 15.1. The summed E-state index contributed by atoms with van der Waals surface area (Å²) in [5.41, 5.74) is 0.528. The summed E-state index contributed by atoms with van der Waals surface area (Å²) >= 11 is 6.01. The molecule has 2 rings (SSSR count). The number of carboxylic acids is 1. The van der Waals surface area contributed by atoms with Gasteiger partial charge in [0.15, 0.2) is 0 Å². The molecule has 0 heterocycles. The predicted octanol–water partition coefficient (Wildman–Crippen LogP) is 3.19. The number of carboxylic acid groups (broad SMARTS) is 1. The zero-order valence-corrected chi connectivity index (χ0v) is 15.9. The number of carbonyl (C=O) groups is 2. The van der Waals surface area contributed by atoms with Gasteiger partial charge in [0.2, 0.25) is 0 Å². The topological polar surface area (TPSA) is 90.9 Å². The maximum Gasteiger partial charge on any atom is 0.319 e. The molecular formula is C18H26ClN3O4. The number of nitrogens with one attached hydrogen (secondary N) is 2. The highest BCUT2D eigenvalue weighted by molar-refractivity contribution is 6.31. The highest BCUT2D eigenvalue weighted by Crippen LogP contribution is 2.29. The average Bonchev–Trinajstić information content (AvgIpc) is 2.55. The normalized spacial score (nSPS) is 18.9. The van der Waals surface area contributed by atoms with E-state index in [0.717, 1.165) is 19.3 Å². The second-order valence-corrected chi connectivity index (χ2v) is 6.80. The van der Waals surface area contributed by atoms with Crippen LogP contribution in [-0.2, 0) is 4.79 Å². The van der Waals surface area contributed by atoms with E-state index in [0.29, 0.717) is 29.6 Å². The molecule has 0 atom stereocenters. The van der Waals surface area contributed by atoms with E-state index in [2.05, 4.69) is 10.6 Å². The molecule has 0 aromatic heterocycles. The molecule has 0 bridgehead atoms. The number of aliphatic carboxylic acids is 1. The van der Waals surface area contributed by atoms with Crippen molar-refractivity contribution in [2.24, 2.45) is 0 Å². The SMILES string of the molecule is CCCOc1ccc(Cl)cc1NC(=O)NC1CC(N(CC)CC(=O)O)C1. The maximum absolute atomic E-state index is 12.2. The number of ether oxygens (including phenoxy) is 1. The van der Waals surface area contributed by atoms with Gasteiger partial charge in [-0.25, -0.2) is 4.79 Å². The summed E-state index contributed by atoms with van der Waals surface area (Å²) in [6.45, 7) is 5.20. The summed E-state index contributed by atoms with van der Waals surface area (Å²) in [4.78, 5) is 25.0. The second kappa shape index (κ2) is 9.64. The molecule has 0 saturated heterocycles. The second-order valence-electron chi connectivity index (χ2n) is 6.37. The summed E-state index contributed by atoms with van der Waals surface area (Å²) in [5, 5.41) is 15.1. The summed E-state index contributed by atoms with van der Waals surface area (Å²) in [5.74, 6) is -0.252. The van der Waals surface area contributed by atoms with Gasteiger partial charge in [-0.15, -0.1) is 0 Å². The summed E-state index contributed by atoms with van der Waals surface area (Å²) in [6.07, 6.45) is 2.34. The number of amides is 2. The molecule has 3 N–H and O–H groups in total. The van der Waals surface area contributed by atoms with E-state index in [1.807, 2.05) is 18.7 Å². The van der Waals surface area contributed by atoms with Crippen LogP contribution in [0.4, 0.5) is 10.5 Å². The van der Waals surface area contributed by atoms with Crippen molar-refractivity contribution < 1.29 is 19.4 Å². The number of rotatable bonds is 9. The Balaban J connectivity index is 1.85. The van der Waals surface area contributed by atoms with Gasteiger partial charge in [-0.3, -0.25) is 9.69 Å². The van der Waals surface area contributed by atoms with Gasteiger partial charge in [0.25, 0.3) is 0 Å². The molecule has 7 nitrogen and oxygen atoms in total.